The predicted molar refractivity (Wildman–Crippen MR) is 53.7 cm³/mol. The number of carbonyl (C=O) groups is 1. The van der Waals surface area contributed by atoms with Crippen LogP contribution in [0.5, 0.6) is 5.75 Å². The molecule has 0 aliphatic rings. The summed E-state index contributed by atoms with van der Waals surface area (Å²) in [6, 6.07) is 6.85. The number of aliphatic carboxylic acids is 1. The number of benzene rings is 1. The van der Waals surface area contributed by atoms with Crippen LogP contribution in [0.2, 0.25) is 5.02 Å². The van der Waals surface area contributed by atoms with Crippen LogP contribution in [0, 0.1) is 0 Å². The second-order valence-corrected chi connectivity index (χ2v) is 2.94. The largest absolute Gasteiger partial charge is 0.490 e. The van der Waals surface area contributed by atoms with E-state index >= 15 is 0 Å². The van der Waals surface area contributed by atoms with Gasteiger partial charge in [-0.25, -0.2) is 4.79 Å². The molecule has 14 heavy (non-hydrogen) atoms. The van der Waals surface area contributed by atoms with Gasteiger partial charge >= 0.3 is 5.97 Å². The molecule has 0 amide bonds. The third kappa shape index (κ3) is 3.96. The normalized spacial score (nSPS) is 10.4. The Bertz CT molecular complexity index is 330. The zero-order valence-corrected chi connectivity index (χ0v) is 8.07. The molecule has 1 aromatic carbocycles. The van der Waals surface area contributed by atoms with Gasteiger partial charge in [-0.05, 0) is 30.3 Å². The summed E-state index contributed by atoms with van der Waals surface area (Å²) in [5.41, 5.74) is 0. The molecule has 0 fully saturated rings. The molecule has 0 aliphatic heterocycles. The van der Waals surface area contributed by atoms with E-state index in [0.717, 1.165) is 6.08 Å². The van der Waals surface area contributed by atoms with E-state index in [4.69, 9.17) is 21.4 Å². The lowest BCUT2D eigenvalue weighted by atomic mass is 10.3. The Morgan fingerprint density at radius 2 is 2.07 bits per heavy atom. The zero-order valence-electron chi connectivity index (χ0n) is 7.31. The van der Waals surface area contributed by atoms with Gasteiger partial charge in [-0.2, -0.15) is 0 Å². The van der Waals surface area contributed by atoms with Gasteiger partial charge in [-0.3, -0.25) is 0 Å². The Kier molecular flexibility index (Phi) is 4.01. The molecule has 0 aliphatic carbocycles. The van der Waals surface area contributed by atoms with Crippen LogP contribution in [-0.4, -0.2) is 17.7 Å². The van der Waals surface area contributed by atoms with Gasteiger partial charge in [0.25, 0.3) is 0 Å². The number of hydrogen-bond donors (Lipinski definition) is 1. The fraction of sp³-hybridized carbons (Fsp3) is 0.100. The summed E-state index contributed by atoms with van der Waals surface area (Å²) < 4.78 is 5.20. The molecule has 3 nitrogen and oxygen atoms in total. The highest BCUT2D eigenvalue weighted by Gasteiger charge is 1.91. The SMILES string of the molecule is O=C(O)/C=C/COc1ccc(Cl)cc1. The molecule has 0 radical (unpaired) electrons. The average Bonchev–Trinajstić information content (AvgIpc) is 2.15. The van der Waals surface area contributed by atoms with Gasteiger partial charge in [0.1, 0.15) is 12.4 Å². The van der Waals surface area contributed by atoms with Crippen molar-refractivity contribution in [2.24, 2.45) is 0 Å². The zero-order chi connectivity index (χ0) is 10.4. The predicted octanol–water partition coefficient (Wildman–Crippen LogP) is 2.36. The molecule has 0 saturated heterocycles. The molecule has 0 atom stereocenters. The van der Waals surface area contributed by atoms with Crippen molar-refractivity contribution in [3.63, 3.8) is 0 Å². The summed E-state index contributed by atoms with van der Waals surface area (Å²) >= 11 is 5.67. The van der Waals surface area contributed by atoms with Gasteiger partial charge in [-0.15, -0.1) is 0 Å². The van der Waals surface area contributed by atoms with Crippen LogP contribution in [-0.2, 0) is 4.79 Å². The standard InChI is InChI=1S/C10H9ClO3/c11-8-3-5-9(6-4-8)14-7-1-2-10(12)13/h1-6H,7H2,(H,12,13)/b2-1+. The summed E-state index contributed by atoms with van der Waals surface area (Å²) in [6.45, 7) is 0.230. The van der Waals surface area contributed by atoms with Gasteiger partial charge in [0, 0.05) is 11.1 Å². The highest BCUT2D eigenvalue weighted by atomic mass is 35.5. The van der Waals surface area contributed by atoms with Crippen LogP contribution in [0.3, 0.4) is 0 Å². The molecule has 74 valence electrons. The first kappa shape index (κ1) is 10.6. The van der Waals surface area contributed by atoms with Crippen LogP contribution in [0.25, 0.3) is 0 Å². The van der Waals surface area contributed by atoms with Crippen molar-refractivity contribution in [1.82, 2.24) is 0 Å². The second kappa shape index (κ2) is 5.29. The summed E-state index contributed by atoms with van der Waals surface area (Å²) in [5, 5.41) is 8.92. The van der Waals surface area contributed by atoms with E-state index in [0.29, 0.717) is 10.8 Å². The summed E-state index contributed by atoms with van der Waals surface area (Å²) in [5.74, 6) is -0.325. The van der Waals surface area contributed by atoms with E-state index in [1.165, 1.54) is 6.08 Å². The van der Waals surface area contributed by atoms with Crippen molar-refractivity contribution < 1.29 is 14.6 Å². The minimum Gasteiger partial charge on any atom is -0.490 e. The lowest BCUT2D eigenvalue weighted by molar-refractivity contribution is -0.131. The maximum atomic E-state index is 10.1. The number of hydrogen-bond acceptors (Lipinski definition) is 2. The number of carboxylic acid groups (broad SMARTS) is 1. The van der Waals surface area contributed by atoms with E-state index in [2.05, 4.69) is 0 Å². The smallest absolute Gasteiger partial charge is 0.328 e. The van der Waals surface area contributed by atoms with Gasteiger partial charge in [0.05, 0.1) is 0 Å². The molecule has 0 spiro atoms. The Morgan fingerprint density at radius 1 is 1.43 bits per heavy atom. The molecular weight excluding hydrogens is 204 g/mol. The van der Waals surface area contributed by atoms with Crippen LogP contribution >= 0.6 is 11.6 Å². The van der Waals surface area contributed by atoms with E-state index in [9.17, 15) is 4.79 Å². The van der Waals surface area contributed by atoms with Gasteiger partial charge in [-0.1, -0.05) is 11.6 Å². The average molecular weight is 213 g/mol. The molecule has 0 saturated carbocycles. The summed E-state index contributed by atoms with van der Waals surface area (Å²) in [4.78, 5) is 10.1. The molecular formula is C10H9ClO3. The maximum Gasteiger partial charge on any atom is 0.328 e. The highest BCUT2D eigenvalue weighted by Crippen LogP contribution is 2.15. The Morgan fingerprint density at radius 3 is 2.64 bits per heavy atom. The minimum absolute atomic E-state index is 0.230. The van der Waals surface area contributed by atoms with Gasteiger partial charge in [0.2, 0.25) is 0 Å². The van der Waals surface area contributed by atoms with Crippen molar-refractivity contribution in [2.45, 2.75) is 0 Å². The molecule has 0 bridgehead atoms. The van der Waals surface area contributed by atoms with Crippen molar-refractivity contribution in [2.75, 3.05) is 6.61 Å². The molecule has 0 aromatic heterocycles. The molecule has 0 unspecified atom stereocenters. The lowest BCUT2D eigenvalue weighted by Crippen LogP contribution is -1.95. The molecule has 4 heteroatoms. The first-order valence-electron chi connectivity index (χ1n) is 3.96. The second-order valence-electron chi connectivity index (χ2n) is 2.51. The number of rotatable bonds is 4. The van der Waals surface area contributed by atoms with E-state index in [1.807, 2.05) is 0 Å². The number of ether oxygens (including phenoxy) is 1. The van der Waals surface area contributed by atoms with E-state index in [-0.39, 0.29) is 6.61 Å². The monoisotopic (exact) mass is 212 g/mol. The molecule has 1 rings (SSSR count). The maximum absolute atomic E-state index is 10.1. The Hall–Kier alpha value is -1.48. The van der Waals surface area contributed by atoms with Crippen LogP contribution in [0.4, 0.5) is 0 Å². The number of carboxylic acids is 1. The lowest BCUT2D eigenvalue weighted by Gasteiger charge is -2.01. The topological polar surface area (TPSA) is 46.5 Å². The highest BCUT2D eigenvalue weighted by molar-refractivity contribution is 6.30. The Balaban J connectivity index is 2.39. The van der Waals surface area contributed by atoms with Gasteiger partial charge < -0.3 is 9.84 Å². The molecule has 1 aromatic rings. The quantitative estimate of drug-likeness (QED) is 0.780. The first-order chi connectivity index (χ1) is 6.68. The van der Waals surface area contributed by atoms with Crippen LogP contribution in [0.1, 0.15) is 0 Å². The van der Waals surface area contributed by atoms with Crippen LogP contribution < -0.4 is 4.74 Å². The summed E-state index contributed by atoms with van der Waals surface area (Å²) in [7, 11) is 0. The van der Waals surface area contributed by atoms with Crippen molar-refractivity contribution in [1.29, 1.82) is 0 Å². The Labute approximate surface area is 86.6 Å². The fourth-order valence-corrected chi connectivity index (χ4v) is 0.950. The number of halogens is 1. The first-order valence-corrected chi connectivity index (χ1v) is 4.34. The molecule has 0 heterocycles. The molecule has 1 N–H and O–H groups in total. The van der Waals surface area contributed by atoms with Crippen LogP contribution in [0.15, 0.2) is 36.4 Å². The van der Waals surface area contributed by atoms with Gasteiger partial charge in [0.15, 0.2) is 0 Å². The third-order valence-electron chi connectivity index (χ3n) is 1.42. The summed E-state index contributed by atoms with van der Waals surface area (Å²) in [6.07, 6.45) is 2.47. The fourth-order valence-electron chi connectivity index (χ4n) is 0.824. The van der Waals surface area contributed by atoms with E-state index in [1.54, 1.807) is 24.3 Å². The van der Waals surface area contributed by atoms with Crippen molar-refractivity contribution in [3.05, 3.63) is 41.4 Å². The minimum atomic E-state index is -0.982. The third-order valence-corrected chi connectivity index (χ3v) is 1.67. The van der Waals surface area contributed by atoms with E-state index < -0.39 is 5.97 Å². The van der Waals surface area contributed by atoms with Crippen molar-refractivity contribution >= 4 is 17.6 Å². The van der Waals surface area contributed by atoms with Crippen molar-refractivity contribution in [3.8, 4) is 5.75 Å².